The van der Waals surface area contributed by atoms with Crippen LogP contribution in [0.5, 0.6) is 0 Å². The van der Waals surface area contributed by atoms with Crippen LogP contribution >= 0.6 is 11.3 Å². The number of aromatic amines is 1. The van der Waals surface area contributed by atoms with Crippen LogP contribution in [0.15, 0.2) is 11.1 Å². The molecular weight excluding hydrogens is 378 g/mol. The predicted octanol–water partition coefficient (Wildman–Crippen LogP) is 2.48. The third kappa shape index (κ3) is 3.38. The fourth-order valence-corrected chi connectivity index (χ4v) is 3.86. The van der Waals surface area contributed by atoms with Crippen LogP contribution in [0.4, 0.5) is 5.82 Å². The number of unbranched alkanes of at least 4 members (excludes halogenated alkanes) is 1. The number of amides is 1. The molecule has 0 spiro atoms. The van der Waals surface area contributed by atoms with Crippen molar-refractivity contribution in [2.24, 2.45) is 0 Å². The Balaban J connectivity index is 1.96. The Labute approximate surface area is 164 Å². The number of rotatable bonds is 6. The highest BCUT2D eigenvalue weighted by molar-refractivity contribution is 7.20. The van der Waals surface area contributed by atoms with Crippen LogP contribution < -0.4 is 10.9 Å². The number of fused-ring (bicyclic) bond motifs is 1. The molecule has 3 aromatic rings. The Morgan fingerprint density at radius 1 is 1.43 bits per heavy atom. The zero-order valence-corrected chi connectivity index (χ0v) is 16.2. The Bertz CT molecular complexity index is 1190. The second kappa shape index (κ2) is 8.03. The molecule has 0 saturated carbocycles. The van der Waals surface area contributed by atoms with Gasteiger partial charge in [0.05, 0.1) is 34.8 Å². The van der Waals surface area contributed by atoms with Crippen molar-refractivity contribution in [3.05, 3.63) is 38.4 Å². The van der Waals surface area contributed by atoms with E-state index in [2.05, 4.69) is 20.5 Å². The first kappa shape index (κ1) is 19.3. The summed E-state index contributed by atoms with van der Waals surface area (Å²) in [5.74, 6) is -0.422. The summed E-state index contributed by atoms with van der Waals surface area (Å²) in [7, 11) is 0. The van der Waals surface area contributed by atoms with Crippen LogP contribution in [0.3, 0.4) is 0 Å². The lowest BCUT2D eigenvalue weighted by Crippen LogP contribution is -2.20. The van der Waals surface area contributed by atoms with Crippen molar-refractivity contribution in [2.75, 3.05) is 5.32 Å². The number of carbonyl (C=O) groups excluding carboxylic acids is 1. The van der Waals surface area contributed by atoms with Gasteiger partial charge in [-0.1, -0.05) is 13.3 Å². The van der Waals surface area contributed by atoms with E-state index in [-0.39, 0.29) is 23.4 Å². The third-order valence-electron chi connectivity index (χ3n) is 4.32. The first-order valence-corrected chi connectivity index (χ1v) is 9.47. The number of hydrogen-bond donors (Lipinski definition) is 2. The van der Waals surface area contributed by atoms with Gasteiger partial charge in [0.25, 0.3) is 11.5 Å². The van der Waals surface area contributed by atoms with Gasteiger partial charge in [-0.25, -0.2) is 4.98 Å². The van der Waals surface area contributed by atoms with Crippen LogP contribution in [0, 0.1) is 29.6 Å². The van der Waals surface area contributed by atoms with E-state index >= 15 is 0 Å². The largest absolute Gasteiger partial charge is 0.303 e. The quantitative estimate of drug-likeness (QED) is 0.657. The first-order chi connectivity index (χ1) is 13.5. The van der Waals surface area contributed by atoms with Crippen LogP contribution in [0.2, 0.25) is 0 Å². The average Bonchev–Trinajstić information content (AvgIpc) is 3.22. The zero-order valence-electron chi connectivity index (χ0n) is 15.4. The Morgan fingerprint density at radius 2 is 2.21 bits per heavy atom. The van der Waals surface area contributed by atoms with Crippen molar-refractivity contribution in [2.45, 2.75) is 39.7 Å². The molecule has 0 aliphatic carbocycles. The molecule has 2 N–H and O–H groups in total. The molecule has 28 heavy (non-hydrogen) atoms. The van der Waals surface area contributed by atoms with Gasteiger partial charge in [0.1, 0.15) is 16.5 Å². The maximum atomic E-state index is 12.7. The van der Waals surface area contributed by atoms with Crippen molar-refractivity contribution in [3.8, 4) is 12.1 Å². The van der Waals surface area contributed by atoms with E-state index < -0.39 is 5.91 Å². The van der Waals surface area contributed by atoms with Gasteiger partial charge in [0.15, 0.2) is 5.82 Å². The van der Waals surface area contributed by atoms with Crippen molar-refractivity contribution in [1.82, 2.24) is 19.7 Å². The van der Waals surface area contributed by atoms with E-state index in [1.807, 2.05) is 19.1 Å². The SMILES string of the molecule is CCCCn1cnc2sc(C(=O)Nc3n[nH]c(CC#N)c3C#N)c(C)c2c1=O. The van der Waals surface area contributed by atoms with Gasteiger partial charge in [0.2, 0.25) is 0 Å². The normalized spacial score (nSPS) is 10.6. The molecular formula is C18H17N7O2S. The molecule has 0 saturated heterocycles. The minimum absolute atomic E-state index is 0.0189. The summed E-state index contributed by atoms with van der Waals surface area (Å²) in [6.07, 6.45) is 3.31. The molecule has 0 bridgehead atoms. The van der Waals surface area contributed by atoms with Gasteiger partial charge < -0.3 is 5.32 Å². The Kier molecular flexibility index (Phi) is 5.52. The van der Waals surface area contributed by atoms with E-state index in [0.717, 1.165) is 24.2 Å². The zero-order chi connectivity index (χ0) is 20.3. The minimum atomic E-state index is -0.480. The van der Waals surface area contributed by atoms with Gasteiger partial charge in [-0.2, -0.15) is 15.6 Å². The predicted molar refractivity (Wildman–Crippen MR) is 104 cm³/mol. The number of hydrogen-bond acceptors (Lipinski definition) is 7. The molecule has 0 aromatic carbocycles. The summed E-state index contributed by atoms with van der Waals surface area (Å²) in [4.78, 5) is 30.6. The van der Waals surface area contributed by atoms with Crippen LogP contribution in [0.1, 0.15) is 46.3 Å². The third-order valence-corrected chi connectivity index (χ3v) is 5.52. The number of H-pyrrole nitrogens is 1. The smallest absolute Gasteiger partial charge is 0.267 e. The lowest BCUT2D eigenvalue weighted by molar-refractivity contribution is 0.102. The second-order valence-corrected chi connectivity index (χ2v) is 7.16. The standard InChI is InChI=1S/C18H17N7O2S/c1-3-4-7-25-9-21-17-13(18(25)27)10(2)14(28-17)16(26)22-15-11(8-20)12(5-6-19)23-24-15/h9H,3-5,7H2,1-2H3,(H2,22,23,24,26). The number of nitrogens with zero attached hydrogens (tertiary/aromatic N) is 5. The molecule has 10 heteroatoms. The molecule has 3 aromatic heterocycles. The van der Waals surface area contributed by atoms with Gasteiger partial charge in [0, 0.05) is 6.54 Å². The van der Waals surface area contributed by atoms with Crippen molar-refractivity contribution < 1.29 is 4.79 Å². The summed E-state index contributed by atoms with van der Waals surface area (Å²) in [6.45, 7) is 4.33. The highest BCUT2D eigenvalue weighted by Crippen LogP contribution is 2.28. The van der Waals surface area contributed by atoms with Gasteiger partial charge in [-0.3, -0.25) is 19.3 Å². The topological polar surface area (TPSA) is 140 Å². The molecule has 0 unspecified atom stereocenters. The molecule has 3 heterocycles. The second-order valence-electron chi connectivity index (χ2n) is 6.16. The number of anilines is 1. The molecule has 1 amide bonds. The summed E-state index contributed by atoms with van der Waals surface area (Å²) < 4.78 is 1.56. The molecule has 0 radical (unpaired) electrons. The van der Waals surface area contributed by atoms with Gasteiger partial charge in [-0.15, -0.1) is 11.3 Å². The molecule has 0 aliphatic rings. The molecule has 3 rings (SSSR count). The van der Waals surface area contributed by atoms with Gasteiger partial charge in [-0.05, 0) is 18.9 Å². The number of aromatic nitrogens is 4. The van der Waals surface area contributed by atoms with Crippen LogP contribution in [-0.2, 0) is 13.0 Å². The van der Waals surface area contributed by atoms with E-state index in [9.17, 15) is 14.9 Å². The molecule has 142 valence electrons. The number of nitriles is 2. The van der Waals surface area contributed by atoms with Crippen LogP contribution in [0.25, 0.3) is 10.2 Å². The number of nitrogens with one attached hydrogen (secondary N) is 2. The van der Waals surface area contributed by atoms with Crippen molar-refractivity contribution >= 4 is 33.3 Å². The fourth-order valence-electron chi connectivity index (χ4n) is 2.82. The highest BCUT2D eigenvalue weighted by Gasteiger charge is 2.22. The molecule has 0 atom stereocenters. The van der Waals surface area contributed by atoms with Crippen molar-refractivity contribution in [1.29, 1.82) is 10.5 Å². The van der Waals surface area contributed by atoms with Gasteiger partial charge >= 0.3 is 0 Å². The highest BCUT2D eigenvalue weighted by atomic mass is 32.1. The summed E-state index contributed by atoms with van der Waals surface area (Å²) in [5, 5.41) is 27.6. The Hall–Kier alpha value is -3.50. The number of aryl methyl sites for hydroxylation is 2. The van der Waals surface area contributed by atoms with Crippen molar-refractivity contribution in [3.63, 3.8) is 0 Å². The van der Waals surface area contributed by atoms with E-state index in [0.29, 0.717) is 32.9 Å². The summed E-state index contributed by atoms with van der Waals surface area (Å²) >= 11 is 1.12. The van der Waals surface area contributed by atoms with E-state index in [1.165, 1.54) is 6.33 Å². The van der Waals surface area contributed by atoms with E-state index in [4.69, 9.17) is 5.26 Å². The summed E-state index contributed by atoms with van der Waals surface area (Å²) in [6, 6.07) is 3.87. The first-order valence-electron chi connectivity index (χ1n) is 8.65. The maximum absolute atomic E-state index is 12.7. The fraction of sp³-hybridized carbons (Fsp3) is 0.333. The average molecular weight is 395 g/mol. The number of thiophene rings is 1. The minimum Gasteiger partial charge on any atom is -0.303 e. The Morgan fingerprint density at radius 3 is 2.89 bits per heavy atom. The molecule has 9 nitrogen and oxygen atoms in total. The molecule has 0 fully saturated rings. The summed E-state index contributed by atoms with van der Waals surface area (Å²) in [5.41, 5.74) is 0.842. The monoisotopic (exact) mass is 395 g/mol. The maximum Gasteiger partial charge on any atom is 0.267 e. The lowest BCUT2D eigenvalue weighted by Gasteiger charge is -2.04. The van der Waals surface area contributed by atoms with Crippen LogP contribution in [-0.4, -0.2) is 25.7 Å². The number of carbonyl (C=O) groups is 1. The lowest BCUT2D eigenvalue weighted by atomic mass is 10.2. The molecule has 0 aliphatic heterocycles. The van der Waals surface area contributed by atoms with E-state index in [1.54, 1.807) is 11.5 Å².